The van der Waals surface area contributed by atoms with E-state index < -0.39 is 17.2 Å². The van der Waals surface area contributed by atoms with Gasteiger partial charge >= 0.3 is 0 Å². The molecule has 3 heteroatoms. The zero-order valence-corrected chi connectivity index (χ0v) is 8.11. The third-order valence-electron chi connectivity index (χ3n) is 2.25. The van der Waals surface area contributed by atoms with Crippen LogP contribution in [0.25, 0.3) is 0 Å². The van der Waals surface area contributed by atoms with Gasteiger partial charge in [-0.25, -0.2) is 0 Å². The van der Waals surface area contributed by atoms with E-state index in [1.165, 1.54) is 0 Å². The van der Waals surface area contributed by atoms with Gasteiger partial charge in [0.1, 0.15) is 5.97 Å². The van der Waals surface area contributed by atoms with Crippen molar-refractivity contribution in [2.24, 2.45) is 0 Å². The first-order valence-corrected chi connectivity index (χ1v) is 4.27. The fourth-order valence-corrected chi connectivity index (χ4v) is 1.24. The molecule has 0 bridgehead atoms. The van der Waals surface area contributed by atoms with Gasteiger partial charge in [0.25, 0.3) is 0 Å². The second-order valence-corrected chi connectivity index (χ2v) is 3.61. The summed E-state index contributed by atoms with van der Waals surface area (Å²) >= 11 is 0. The molecule has 0 amide bonds. The van der Waals surface area contributed by atoms with E-state index in [0.29, 0.717) is 5.56 Å². The van der Waals surface area contributed by atoms with Crippen LogP contribution in [-0.4, -0.2) is 11.8 Å². The van der Waals surface area contributed by atoms with E-state index in [-0.39, 0.29) is 0 Å². The Morgan fingerprint density at radius 1 is 1.14 bits per heavy atom. The monoisotopic (exact) mass is 191 g/mol. The minimum atomic E-state index is -1.64. The first-order valence-electron chi connectivity index (χ1n) is 4.27. The number of carboxylic acid groups (broad SMARTS) is 1. The van der Waals surface area contributed by atoms with E-state index >= 15 is 0 Å². The van der Waals surface area contributed by atoms with Crippen LogP contribution in [0.2, 0.25) is 0 Å². The molecule has 0 heterocycles. The molecule has 0 fully saturated rings. The lowest BCUT2D eigenvalue weighted by Gasteiger charge is -2.23. The number of hydrogen-bond donors (Lipinski definition) is 0. The molecule has 0 aliphatic rings. The van der Waals surface area contributed by atoms with Crippen LogP contribution >= 0.6 is 0 Å². The van der Waals surface area contributed by atoms with Crippen LogP contribution in [0.4, 0.5) is 0 Å². The van der Waals surface area contributed by atoms with E-state index in [1.54, 1.807) is 38.1 Å². The normalized spacial score (nSPS) is 11.0. The largest absolute Gasteiger partial charge is 0.542 e. The minimum Gasteiger partial charge on any atom is -0.542 e. The summed E-state index contributed by atoms with van der Waals surface area (Å²) in [6.07, 6.45) is 0. The molecule has 1 aromatic carbocycles. The second kappa shape index (κ2) is 3.62. The lowest BCUT2D eigenvalue weighted by atomic mass is 9.80. The minimum absolute atomic E-state index is 0.675. The van der Waals surface area contributed by atoms with E-state index in [2.05, 4.69) is 0 Å². The molecule has 0 radical (unpaired) electrons. The molecular weight excluding hydrogens is 180 g/mol. The molecule has 0 aromatic heterocycles. The summed E-state index contributed by atoms with van der Waals surface area (Å²) in [6, 6.07) is 8.78. The van der Waals surface area contributed by atoms with Crippen molar-refractivity contribution in [3.8, 4) is 0 Å². The zero-order chi connectivity index (χ0) is 10.8. The number of carbonyl (C=O) groups is 2. The van der Waals surface area contributed by atoms with Crippen molar-refractivity contribution in [1.82, 2.24) is 0 Å². The summed E-state index contributed by atoms with van der Waals surface area (Å²) in [5.41, 5.74) is -0.353. The summed E-state index contributed by atoms with van der Waals surface area (Å²) in [5, 5.41) is 10.5. The number of benzene rings is 1. The van der Waals surface area contributed by atoms with Crippen molar-refractivity contribution >= 4 is 11.8 Å². The van der Waals surface area contributed by atoms with Gasteiger partial charge in [-0.15, -0.1) is 0 Å². The third-order valence-corrected chi connectivity index (χ3v) is 2.25. The number of carbonyl (C=O) groups excluding carboxylic acids is 2. The van der Waals surface area contributed by atoms with Crippen LogP contribution in [0, 0.1) is 0 Å². The highest BCUT2D eigenvalue weighted by Crippen LogP contribution is 2.23. The van der Waals surface area contributed by atoms with Gasteiger partial charge in [-0.1, -0.05) is 30.3 Å². The smallest absolute Gasteiger partial charge is 0.188 e. The van der Waals surface area contributed by atoms with Crippen LogP contribution in [0.1, 0.15) is 19.4 Å². The number of ketones is 1. The molecule has 14 heavy (non-hydrogen) atoms. The summed E-state index contributed by atoms with van der Waals surface area (Å²) in [5.74, 6) is -2.54. The molecule has 74 valence electrons. The highest BCUT2D eigenvalue weighted by atomic mass is 16.4. The average Bonchev–Trinajstić information content (AvgIpc) is 2.18. The van der Waals surface area contributed by atoms with Gasteiger partial charge in [0.05, 0.1) is 5.41 Å². The Morgan fingerprint density at radius 2 is 1.64 bits per heavy atom. The Bertz CT molecular complexity index is 352. The summed E-state index contributed by atoms with van der Waals surface area (Å²) in [6.45, 7) is 3.14. The van der Waals surface area contributed by atoms with Crippen LogP contribution < -0.4 is 5.11 Å². The maximum Gasteiger partial charge on any atom is 0.188 e. The van der Waals surface area contributed by atoms with E-state index in [9.17, 15) is 14.7 Å². The fourth-order valence-electron chi connectivity index (χ4n) is 1.24. The molecule has 1 aromatic rings. The Hall–Kier alpha value is -1.64. The van der Waals surface area contributed by atoms with E-state index in [4.69, 9.17) is 0 Å². The zero-order valence-electron chi connectivity index (χ0n) is 8.11. The highest BCUT2D eigenvalue weighted by molar-refractivity contribution is 6.35. The van der Waals surface area contributed by atoms with Crippen LogP contribution in [0.15, 0.2) is 30.3 Å². The van der Waals surface area contributed by atoms with Gasteiger partial charge in [-0.05, 0) is 19.4 Å². The molecule has 0 saturated carbocycles. The van der Waals surface area contributed by atoms with Crippen molar-refractivity contribution in [2.75, 3.05) is 0 Å². The predicted octanol–water partition coefficient (Wildman–Crippen LogP) is 0.283. The van der Waals surface area contributed by atoms with Gasteiger partial charge in [0, 0.05) is 0 Å². The van der Waals surface area contributed by atoms with Crippen molar-refractivity contribution < 1.29 is 14.7 Å². The topological polar surface area (TPSA) is 57.2 Å². The van der Waals surface area contributed by atoms with E-state index in [0.717, 1.165) is 0 Å². The molecule has 0 unspecified atom stereocenters. The number of hydrogen-bond acceptors (Lipinski definition) is 3. The predicted molar refractivity (Wildman–Crippen MR) is 49.5 cm³/mol. The van der Waals surface area contributed by atoms with Gasteiger partial charge in [-0.2, -0.15) is 0 Å². The Labute approximate surface area is 82.4 Å². The lowest BCUT2D eigenvalue weighted by molar-refractivity contribution is -0.300. The highest BCUT2D eigenvalue weighted by Gasteiger charge is 2.29. The molecule has 0 saturated heterocycles. The van der Waals surface area contributed by atoms with Gasteiger partial charge < -0.3 is 9.90 Å². The number of Topliss-reactive ketones (excluding diaryl/α,β-unsaturated/α-hetero) is 1. The van der Waals surface area contributed by atoms with Crippen molar-refractivity contribution in [3.63, 3.8) is 0 Å². The van der Waals surface area contributed by atoms with Crippen LogP contribution in [-0.2, 0) is 15.0 Å². The first kappa shape index (κ1) is 10.4. The van der Waals surface area contributed by atoms with Gasteiger partial charge in [0.15, 0.2) is 5.78 Å². The van der Waals surface area contributed by atoms with Gasteiger partial charge in [0.2, 0.25) is 0 Å². The second-order valence-electron chi connectivity index (χ2n) is 3.61. The molecule has 0 N–H and O–H groups in total. The maximum atomic E-state index is 11.3. The number of rotatable bonds is 3. The number of aliphatic carboxylic acids is 1. The van der Waals surface area contributed by atoms with Crippen LogP contribution in [0.3, 0.4) is 0 Å². The standard InChI is InChI=1S/C11H12O3/c1-11(2,9(12)10(13)14)8-6-4-3-5-7-8/h3-7H,1-2H3,(H,13,14)/p-1. The molecule has 0 spiro atoms. The van der Waals surface area contributed by atoms with Crippen molar-refractivity contribution in [2.45, 2.75) is 19.3 Å². The third kappa shape index (κ3) is 1.82. The molecule has 0 atom stereocenters. The SMILES string of the molecule is CC(C)(C(=O)C(=O)[O-])c1ccccc1. The Morgan fingerprint density at radius 3 is 2.07 bits per heavy atom. The molecule has 1 rings (SSSR count). The van der Waals surface area contributed by atoms with Crippen LogP contribution in [0.5, 0.6) is 0 Å². The van der Waals surface area contributed by atoms with Crippen molar-refractivity contribution in [1.29, 1.82) is 0 Å². The van der Waals surface area contributed by atoms with Crippen molar-refractivity contribution in [3.05, 3.63) is 35.9 Å². The Kier molecular flexibility index (Phi) is 2.70. The summed E-state index contributed by atoms with van der Waals surface area (Å²) in [4.78, 5) is 21.8. The fraction of sp³-hybridized carbons (Fsp3) is 0.273. The summed E-state index contributed by atoms with van der Waals surface area (Å²) in [7, 11) is 0. The average molecular weight is 191 g/mol. The molecule has 0 aliphatic heterocycles. The molecule has 3 nitrogen and oxygen atoms in total. The summed E-state index contributed by atoms with van der Waals surface area (Å²) < 4.78 is 0. The molecular formula is C11H11O3-. The first-order chi connectivity index (χ1) is 6.46. The van der Waals surface area contributed by atoms with E-state index in [1.807, 2.05) is 6.07 Å². The van der Waals surface area contributed by atoms with Gasteiger partial charge in [-0.3, -0.25) is 4.79 Å². The maximum absolute atomic E-state index is 11.3. The molecule has 0 aliphatic carbocycles. The Balaban J connectivity index is 3.08. The quantitative estimate of drug-likeness (QED) is 0.645. The lowest BCUT2D eigenvalue weighted by Crippen LogP contribution is -2.43. The number of carboxylic acids is 1.